The van der Waals surface area contributed by atoms with Crippen LogP contribution in [0.1, 0.15) is 46.0 Å². The predicted molar refractivity (Wildman–Crippen MR) is 54.0 cm³/mol. The summed E-state index contributed by atoms with van der Waals surface area (Å²) in [5.74, 6) is 0.336. The molecule has 1 fully saturated rings. The fraction of sp³-hybridized carbons (Fsp3) is 0.909. The van der Waals surface area contributed by atoms with Crippen LogP contribution >= 0.6 is 0 Å². The van der Waals surface area contributed by atoms with Crippen molar-refractivity contribution in [3.63, 3.8) is 0 Å². The molecule has 0 aliphatic heterocycles. The van der Waals surface area contributed by atoms with Crippen LogP contribution in [0.15, 0.2) is 0 Å². The second-order valence-electron chi connectivity index (χ2n) is 5.06. The van der Waals surface area contributed by atoms with E-state index in [1.165, 1.54) is 0 Å². The highest BCUT2D eigenvalue weighted by Crippen LogP contribution is 2.44. The molecule has 0 saturated heterocycles. The molecular weight excluding hydrogens is 180 g/mol. The van der Waals surface area contributed by atoms with E-state index in [1.54, 1.807) is 0 Å². The first kappa shape index (κ1) is 11.5. The van der Waals surface area contributed by atoms with E-state index in [0.29, 0.717) is 18.3 Å². The van der Waals surface area contributed by atoms with Gasteiger partial charge in [-0.1, -0.05) is 12.8 Å². The van der Waals surface area contributed by atoms with Crippen LogP contribution < -0.4 is 0 Å². The van der Waals surface area contributed by atoms with E-state index >= 15 is 0 Å². The summed E-state index contributed by atoms with van der Waals surface area (Å²) in [6.07, 6.45) is 4.28. The summed E-state index contributed by atoms with van der Waals surface area (Å²) in [4.78, 5) is 10.4. The zero-order chi connectivity index (χ0) is 10.8. The molecule has 82 valence electrons. The molecule has 0 bridgehead atoms. The van der Waals surface area contributed by atoms with Gasteiger partial charge in [0.05, 0.1) is 5.60 Å². The van der Waals surface area contributed by atoms with Crippen molar-refractivity contribution in [2.75, 3.05) is 0 Å². The molecule has 0 aromatic heterocycles. The minimum atomic E-state index is -0.681. The van der Waals surface area contributed by atoms with Crippen LogP contribution in [0.3, 0.4) is 0 Å². The molecule has 1 aliphatic rings. The molecule has 2 atom stereocenters. The van der Waals surface area contributed by atoms with Gasteiger partial charge in [-0.25, -0.2) is 0 Å². The Hall–Kier alpha value is -0.570. The molecule has 0 aromatic carbocycles. The molecule has 3 nitrogen and oxygen atoms in total. The highest BCUT2D eigenvalue weighted by molar-refractivity contribution is 5.67. The van der Waals surface area contributed by atoms with Gasteiger partial charge >= 0.3 is 5.97 Å². The van der Waals surface area contributed by atoms with Gasteiger partial charge in [0.15, 0.2) is 0 Å². The highest BCUT2D eigenvalue weighted by Gasteiger charge is 2.37. The lowest BCUT2D eigenvalue weighted by Crippen LogP contribution is -2.17. The molecule has 3 heteroatoms. The van der Waals surface area contributed by atoms with Crippen molar-refractivity contribution in [1.82, 2.24) is 0 Å². The number of carbonyl (C=O) groups is 1. The van der Waals surface area contributed by atoms with Gasteiger partial charge in [0.2, 0.25) is 0 Å². The highest BCUT2D eigenvalue weighted by atomic mass is 16.4. The van der Waals surface area contributed by atoms with Crippen LogP contribution in [0, 0.1) is 11.8 Å². The summed E-state index contributed by atoms with van der Waals surface area (Å²) in [7, 11) is 0. The van der Waals surface area contributed by atoms with Gasteiger partial charge < -0.3 is 10.2 Å². The monoisotopic (exact) mass is 200 g/mol. The molecule has 2 unspecified atom stereocenters. The number of hydrogen-bond donors (Lipinski definition) is 2. The number of carboxylic acid groups (broad SMARTS) is 1. The smallest absolute Gasteiger partial charge is 0.303 e. The summed E-state index contributed by atoms with van der Waals surface area (Å²) in [5, 5.41) is 18.0. The van der Waals surface area contributed by atoms with Crippen molar-refractivity contribution >= 4 is 5.97 Å². The summed E-state index contributed by atoms with van der Waals surface area (Å²) in [6.45, 7) is 3.63. The summed E-state index contributed by atoms with van der Waals surface area (Å²) in [5.41, 5.74) is -0.572. The van der Waals surface area contributed by atoms with Gasteiger partial charge in [0.1, 0.15) is 0 Å². The molecule has 0 aromatic rings. The van der Waals surface area contributed by atoms with Crippen LogP contribution in [-0.2, 0) is 4.79 Å². The predicted octanol–water partition coefficient (Wildman–Crippen LogP) is 2.04. The molecule has 0 heterocycles. The van der Waals surface area contributed by atoms with Crippen LogP contribution in [0.4, 0.5) is 0 Å². The Balaban J connectivity index is 2.03. The van der Waals surface area contributed by atoms with E-state index in [4.69, 9.17) is 5.11 Å². The van der Waals surface area contributed by atoms with Crippen molar-refractivity contribution in [3.8, 4) is 0 Å². The lowest BCUT2D eigenvalue weighted by atomic mass is 10.00. The molecule has 0 spiro atoms. The fourth-order valence-corrected chi connectivity index (χ4v) is 1.94. The van der Waals surface area contributed by atoms with Gasteiger partial charge in [-0.2, -0.15) is 0 Å². The summed E-state index contributed by atoms with van der Waals surface area (Å²) >= 11 is 0. The largest absolute Gasteiger partial charge is 0.481 e. The number of aliphatic carboxylic acids is 1. The first-order chi connectivity index (χ1) is 6.38. The van der Waals surface area contributed by atoms with Crippen molar-refractivity contribution in [2.24, 2.45) is 11.8 Å². The Morgan fingerprint density at radius 2 is 2.07 bits per heavy atom. The number of carboxylic acids is 1. The number of hydrogen-bond acceptors (Lipinski definition) is 2. The zero-order valence-electron chi connectivity index (χ0n) is 8.99. The topological polar surface area (TPSA) is 57.5 Å². The molecule has 0 amide bonds. The maximum Gasteiger partial charge on any atom is 0.303 e. The third kappa shape index (κ3) is 4.61. The first-order valence-electron chi connectivity index (χ1n) is 5.32. The van der Waals surface area contributed by atoms with Crippen LogP contribution in [0.25, 0.3) is 0 Å². The van der Waals surface area contributed by atoms with E-state index in [2.05, 4.69) is 0 Å². The van der Waals surface area contributed by atoms with Crippen molar-refractivity contribution < 1.29 is 15.0 Å². The van der Waals surface area contributed by atoms with Crippen LogP contribution in [-0.4, -0.2) is 21.8 Å². The van der Waals surface area contributed by atoms with E-state index in [9.17, 15) is 9.90 Å². The fourth-order valence-electron chi connectivity index (χ4n) is 1.94. The van der Waals surface area contributed by atoms with Gasteiger partial charge in [0.25, 0.3) is 0 Å². The number of rotatable bonds is 6. The minimum Gasteiger partial charge on any atom is -0.481 e. The second-order valence-corrected chi connectivity index (χ2v) is 5.06. The van der Waals surface area contributed by atoms with Gasteiger partial charge in [-0.05, 0) is 38.5 Å². The average Bonchev–Trinajstić information content (AvgIpc) is 2.63. The average molecular weight is 200 g/mol. The quantitative estimate of drug-likeness (QED) is 0.689. The van der Waals surface area contributed by atoms with E-state index in [1.807, 2.05) is 13.8 Å². The van der Waals surface area contributed by atoms with Crippen LogP contribution in [0.5, 0.6) is 0 Å². The third-order valence-electron chi connectivity index (χ3n) is 2.87. The van der Waals surface area contributed by atoms with E-state index in [0.717, 1.165) is 25.7 Å². The summed E-state index contributed by atoms with van der Waals surface area (Å²) < 4.78 is 0. The standard InChI is InChI=1S/C11H20O3/c1-11(2,14)5-3-4-8-6-9(8)7-10(12)13/h8-9,14H,3-7H2,1-2H3,(H,12,13). The molecular formula is C11H20O3. The van der Waals surface area contributed by atoms with Gasteiger partial charge in [0, 0.05) is 6.42 Å². The molecule has 0 radical (unpaired) electrons. The van der Waals surface area contributed by atoms with Crippen LogP contribution in [0.2, 0.25) is 0 Å². The van der Waals surface area contributed by atoms with Crippen molar-refractivity contribution in [1.29, 1.82) is 0 Å². The molecule has 1 rings (SSSR count). The maximum atomic E-state index is 10.4. The number of aliphatic hydroxyl groups is 1. The van der Waals surface area contributed by atoms with E-state index in [-0.39, 0.29) is 0 Å². The second kappa shape index (κ2) is 4.30. The van der Waals surface area contributed by atoms with Gasteiger partial charge in [-0.15, -0.1) is 0 Å². The van der Waals surface area contributed by atoms with E-state index < -0.39 is 11.6 Å². The minimum absolute atomic E-state index is 0.327. The molecule has 1 saturated carbocycles. The molecule has 1 aliphatic carbocycles. The molecule has 2 N–H and O–H groups in total. The molecule has 14 heavy (non-hydrogen) atoms. The Labute approximate surface area is 85.1 Å². The lowest BCUT2D eigenvalue weighted by Gasteiger charge is -2.16. The third-order valence-corrected chi connectivity index (χ3v) is 2.87. The Morgan fingerprint density at radius 3 is 2.57 bits per heavy atom. The summed E-state index contributed by atoms with van der Waals surface area (Å²) in [6, 6.07) is 0. The Bertz CT molecular complexity index is 205. The first-order valence-corrected chi connectivity index (χ1v) is 5.32. The van der Waals surface area contributed by atoms with Gasteiger partial charge in [-0.3, -0.25) is 4.79 Å². The lowest BCUT2D eigenvalue weighted by molar-refractivity contribution is -0.137. The SMILES string of the molecule is CC(C)(O)CCCC1CC1CC(=O)O. The Morgan fingerprint density at radius 1 is 1.43 bits per heavy atom. The van der Waals surface area contributed by atoms with Crippen molar-refractivity contribution in [3.05, 3.63) is 0 Å². The van der Waals surface area contributed by atoms with Crippen molar-refractivity contribution in [2.45, 2.75) is 51.6 Å². The zero-order valence-corrected chi connectivity index (χ0v) is 8.99. The maximum absolute atomic E-state index is 10.4. The Kier molecular flexibility index (Phi) is 3.53. The normalized spacial score (nSPS) is 26.2.